The highest BCUT2D eigenvalue weighted by molar-refractivity contribution is 8.23. The number of benzene rings is 1. The number of rotatable bonds is 4. The van der Waals surface area contributed by atoms with Crippen LogP contribution >= 0.6 is 22.1 Å². The number of hydrogen-bond donors (Lipinski definition) is 4. The lowest BCUT2D eigenvalue weighted by molar-refractivity contribution is 0.474. The molecule has 29 heavy (non-hydrogen) atoms. The number of anilines is 1. The van der Waals surface area contributed by atoms with Crippen molar-refractivity contribution in [3.63, 3.8) is 0 Å². The van der Waals surface area contributed by atoms with Gasteiger partial charge in [-0.15, -0.1) is 15.7 Å². The Morgan fingerprint density at radius 2 is 2.00 bits per heavy atom. The second-order valence-corrected chi connectivity index (χ2v) is 10.1. The Kier molecular flexibility index (Phi) is 4.94. The Morgan fingerprint density at radius 1 is 1.28 bits per heavy atom. The summed E-state index contributed by atoms with van der Waals surface area (Å²) < 4.78 is 26.8. The van der Waals surface area contributed by atoms with Gasteiger partial charge in [0.1, 0.15) is 21.0 Å². The Hall–Kier alpha value is -2.33. The zero-order valence-electron chi connectivity index (χ0n) is 16.3. The summed E-state index contributed by atoms with van der Waals surface area (Å²) in [6.07, 6.45) is 0.800. The van der Waals surface area contributed by atoms with Gasteiger partial charge in [-0.3, -0.25) is 18.5 Å². The zero-order valence-corrected chi connectivity index (χ0v) is 18.0. The molecule has 0 unspecified atom stereocenters. The van der Waals surface area contributed by atoms with Gasteiger partial charge in [0.25, 0.3) is 5.56 Å². The van der Waals surface area contributed by atoms with Crippen molar-refractivity contribution in [1.82, 2.24) is 4.57 Å². The second kappa shape index (κ2) is 7.17. The molecule has 0 radical (unpaired) electrons. The number of hydrogen-bond acceptors (Lipinski definition) is 7. The van der Waals surface area contributed by atoms with Crippen LogP contribution in [0.1, 0.15) is 31.4 Å². The summed E-state index contributed by atoms with van der Waals surface area (Å²) >= 11 is 1.41. The van der Waals surface area contributed by atoms with Crippen molar-refractivity contribution in [2.45, 2.75) is 38.6 Å². The summed E-state index contributed by atoms with van der Waals surface area (Å²) in [6.45, 7) is 6.54. The molecule has 0 saturated heterocycles. The van der Waals surface area contributed by atoms with Crippen LogP contribution in [0.3, 0.4) is 0 Å². The standard InChI is InChI=1S/C20H23N3O4S2/c1-11(2)8-9-23-19(25)16(17(24)15-12(3)10-28-20(15)23)18-21-13-6-4-5-7-14(13)29(26,27)22-18/h4-7,10-11,24,26-27H,8-9H2,1-3H3,(H,21,22). The fourth-order valence-electron chi connectivity index (χ4n) is 3.42. The van der Waals surface area contributed by atoms with Crippen LogP contribution in [0, 0.1) is 12.8 Å². The van der Waals surface area contributed by atoms with E-state index >= 15 is 0 Å². The largest absolute Gasteiger partial charge is 0.506 e. The molecular formula is C20H23N3O4S2. The minimum absolute atomic E-state index is 0.0306. The molecular weight excluding hydrogens is 410 g/mol. The Labute approximate surface area is 173 Å². The predicted octanol–water partition coefficient (Wildman–Crippen LogP) is 5.02. The van der Waals surface area contributed by atoms with Gasteiger partial charge in [-0.1, -0.05) is 36.8 Å². The van der Waals surface area contributed by atoms with Crippen molar-refractivity contribution in [2.24, 2.45) is 10.3 Å². The number of nitrogens with zero attached hydrogens (tertiary/aromatic N) is 2. The molecule has 1 aliphatic heterocycles. The Bertz CT molecular complexity index is 1190. The number of para-hydroxylation sites is 1. The molecule has 2 aromatic heterocycles. The van der Waals surface area contributed by atoms with Crippen LogP contribution in [0.25, 0.3) is 10.2 Å². The predicted molar refractivity (Wildman–Crippen MR) is 120 cm³/mol. The van der Waals surface area contributed by atoms with Crippen molar-refractivity contribution < 1.29 is 14.2 Å². The van der Waals surface area contributed by atoms with Crippen LogP contribution in [-0.2, 0) is 6.54 Å². The molecule has 0 fully saturated rings. The summed E-state index contributed by atoms with van der Waals surface area (Å²) in [5.74, 6) is 0.182. The van der Waals surface area contributed by atoms with Crippen LogP contribution in [0.4, 0.5) is 5.69 Å². The highest BCUT2D eigenvalue weighted by Gasteiger charge is 2.30. The maximum Gasteiger partial charge on any atom is 0.266 e. The molecule has 7 nitrogen and oxygen atoms in total. The summed E-state index contributed by atoms with van der Waals surface area (Å²) in [5, 5.41) is 16.5. The highest BCUT2D eigenvalue weighted by atomic mass is 32.3. The van der Waals surface area contributed by atoms with Crippen LogP contribution in [0.15, 0.2) is 43.7 Å². The first kappa shape index (κ1) is 20.0. The molecule has 0 atom stereocenters. The van der Waals surface area contributed by atoms with E-state index in [1.165, 1.54) is 11.3 Å². The number of pyridine rings is 1. The van der Waals surface area contributed by atoms with Crippen LogP contribution in [0.2, 0.25) is 0 Å². The molecule has 0 aliphatic carbocycles. The lowest BCUT2D eigenvalue weighted by Crippen LogP contribution is -2.32. The topological polar surface area (TPSA) is 107 Å². The van der Waals surface area contributed by atoms with Gasteiger partial charge in [0.15, 0.2) is 5.84 Å². The fraction of sp³-hybridized carbons (Fsp3) is 0.300. The van der Waals surface area contributed by atoms with Crippen molar-refractivity contribution in [3.8, 4) is 5.75 Å². The number of nitrogens with one attached hydrogen (secondary N) is 1. The normalized spacial score (nSPS) is 16.4. The second-order valence-electron chi connectivity index (χ2n) is 7.54. The molecule has 0 amide bonds. The van der Waals surface area contributed by atoms with Gasteiger partial charge in [0.05, 0.1) is 11.1 Å². The molecule has 9 heteroatoms. The van der Waals surface area contributed by atoms with Gasteiger partial charge in [-0.25, -0.2) is 0 Å². The van der Waals surface area contributed by atoms with Gasteiger partial charge in [-0.05, 0) is 42.3 Å². The quantitative estimate of drug-likeness (QED) is 0.462. The average Bonchev–Trinajstić information content (AvgIpc) is 3.03. The first-order chi connectivity index (χ1) is 13.7. The summed E-state index contributed by atoms with van der Waals surface area (Å²) in [5.41, 5.74) is 0.855. The zero-order chi connectivity index (χ0) is 20.9. The third-order valence-corrected chi connectivity index (χ3v) is 7.46. The molecule has 3 aromatic rings. The van der Waals surface area contributed by atoms with E-state index in [1.54, 1.807) is 28.8 Å². The van der Waals surface area contributed by atoms with E-state index in [9.17, 15) is 19.0 Å². The van der Waals surface area contributed by atoms with E-state index in [1.807, 2.05) is 12.3 Å². The summed E-state index contributed by atoms with van der Waals surface area (Å²) in [7, 11) is -3.49. The van der Waals surface area contributed by atoms with Crippen molar-refractivity contribution in [2.75, 3.05) is 5.32 Å². The van der Waals surface area contributed by atoms with Crippen LogP contribution in [-0.4, -0.2) is 24.6 Å². The fourth-order valence-corrected chi connectivity index (χ4v) is 5.67. The monoisotopic (exact) mass is 433 g/mol. The number of thiophene rings is 1. The molecule has 1 aromatic carbocycles. The maximum absolute atomic E-state index is 13.4. The molecule has 1 aliphatic rings. The maximum atomic E-state index is 13.4. The lowest BCUT2D eigenvalue weighted by Gasteiger charge is -2.34. The first-order valence-electron chi connectivity index (χ1n) is 9.29. The van der Waals surface area contributed by atoms with E-state index in [0.717, 1.165) is 12.0 Å². The van der Waals surface area contributed by atoms with E-state index in [0.29, 0.717) is 28.4 Å². The number of fused-ring (bicyclic) bond motifs is 2. The lowest BCUT2D eigenvalue weighted by atomic mass is 10.1. The van der Waals surface area contributed by atoms with Crippen molar-refractivity contribution >= 4 is 43.9 Å². The molecule has 154 valence electrons. The molecule has 3 heterocycles. The summed E-state index contributed by atoms with van der Waals surface area (Å²) in [4.78, 5) is 14.3. The molecule has 4 N–H and O–H groups in total. The SMILES string of the molecule is Cc1csc2c1c(O)c(C1=NS(O)(O)c3ccccc3N1)c(=O)n2CCC(C)C. The van der Waals surface area contributed by atoms with E-state index in [4.69, 9.17) is 0 Å². The van der Waals surface area contributed by atoms with Gasteiger partial charge >= 0.3 is 0 Å². The third kappa shape index (κ3) is 3.33. The number of aromatic nitrogens is 1. The molecule has 0 saturated carbocycles. The minimum Gasteiger partial charge on any atom is -0.506 e. The van der Waals surface area contributed by atoms with Gasteiger partial charge < -0.3 is 10.4 Å². The Balaban J connectivity index is 1.96. The highest BCUT2D eigenvalue weighted by Crippen LogP contribution is 2.55. The number of amidine groups is 1. The molecule has 0 bridgehead atoms. The van der Waals surface area contributed by atoms with Crippen molar-refractivity contribution in [3.05, 3.63) is 51.1 Å². The van der Waals surface area contributed by atoms with Crippen molar-refractivity contribution in [1.29, 1.82) is 0 Å². The van der Waals surface area contributed by atoms with E-state index in [2.05, 4.69) is 23.6 Å². The van der Waals surface area contributed by atoms with Gasteiger partial charge in [0, 0.05) is 6.54 Å². The third-order valence-electron chi connectivity index (χ3n) is 4.95. The van der Waals surface area contributed by atoms with Crippen LogP contribution < -0.4 is 10.9 Å². The number of aromatic hydroxyl groups is 1. The minimum atomic E-state index is -3.49. The molecule has 0 spiro atoms. The Morgan fingerprint density at radius 3 is 2.72 bits per heavy atom. The van der Waals surface area contributed by atoms with Gasteiger partial charge in [0.2, 0.25) is 0 Å². The summed E-state index contributed by atoms with van der Waals surface area (Å²) in [6, 6.07) is 6.69. The number of aryl methyl sites for hydroxylation is 2. The van der Waals surface area contributed by atoms with E-state index < -0.39 is 16.3 Å². The first-order valence-corrected chi connectivity index (χ1v) is 11.7. The van der Waals surface area contributed by atoms with Crippen LogP contribution in [0.5, 0.6) is 5.75 Å². The van der Waals surface area contributed by atoms with E-state index in [-0.39, 0.29) is 22.0 Å². The van der Waals surface area contributed by atoms with Gasteiger partial charge in [-0.2, -0.15) is 0 Å². The molecule has 4 rings (SSSR count). The average molecular weight is 434 g/mol. The smallest absolute Gasteiger partial charge is 0.266 e.